The maximum absolute atomic E-state index is 13.1. The summed E-state index contributed by atoms with van der Waals surface area (Å²) in [6.07, 6.45) is 0. The number of benzene rings is 3. The Balaban J connectivity index is 1.16. The van der Waals surface area contributed by atoms with E-state index < -0.39 is 22.6 Å². The Bertz CT molecular complexity index is 1380. The van der Waals surface area contributed by atoms with E-state index in [0.717, 1.165) is 10.8 Å². The normalized spacial score (nSPS) is 16.2. The van der Waals surface area contributed by atoms with Gasteiger partial charge in [0.1, 0.15) is 13.2 Å². The Hall–Kier alpha value is -3.63. The number of ether oxygens (including phenoxy) is 3. The average molecular weight is 497 g/mol. The first-order valence-corrected chi connectivity index (χ1v) is 12.7. The number of fused-ring (bicyclic) bond motifs is 2. The number of carbonyl (C=O) groups excluding carboxylic acids is 2. The molecule has 0 atom stereocenters. The van der Waals surface area contributed by atoms with Crippen molar-refractivity contribution in [3.8, 4) is 11.5 Å². The van der Waals surface area contributed by atoms with Crippen LogP contribution in [0.2, 0.25) is 0 Å². The third-order valence-corrected chi connectivity index (χ3v) is 7.95. The number of nitrogens with zero attached hydrogens (tertiary/aromatic N) is 2. The van der Waals surface area contributed by atoms with Crippen LogP contribution in [-0.2, 0) is 19.6 Å². The summed E-state index contributed by atoms with van der Waals surface area (Å²) in [4.78, 5) is 26.7. The van der Waals surface area contributed by atoms with Gasteiger partial charge < -0.3 is 19.1 Å². The van der Waals surface area contributed by atoms with Crippen LogP contribution in [0.1, 0.15) is 10.4 Å². The van der Waals surface area contributed by atoms with E-state index in [2.05, 4.69) is 0 Å². The number of amides is 1. The maximum atomic E-state index is 13.1. The van der Waals surface area contributed by atoms with Crippen LogP contribution in [0.15, 0.2) is 65.6 Å². The molecule has 5 rings (SSSR count). The molecule has 0 saturated carbocycles. The van der Waals surface area contributed by atoms with Gasteiger partial charge in [0.05, 0.1) is 10.5 Å². The molecule has 9 nitrogen and oxygen atoms in total. The number of esters is 1. The van der Waals surface area contributed by atoms with Crippen molar-refractivity contribution < 1.29 is 32.2 Å². The molecule has 2 heterocycles. The molecule has 0 aliphatic carbocycles. The van der Waals surface area contributed by atoms with Crippen molar-refractivity contribution in [3.05, 3.63) is 66.2 Å². The third kappa shape index (κ3) is 4.80. The monoisotopic (exact) mass is 496 g/mol. The first kappa shape index (κ1) is 23.1. The number of carbonyl (C=O) groups is 2. The van der Waals surface area contributed by atoms with Crippen LogP contribution in [0.5, 0.6) is 11.5 Å². The highest BCUT2D eigenvalue weighted by atomic mass is 32.2. The lowest BCUT2D eigenvalue weighted by atomic mass is 10.1. The summed E-state index contributed by atoms with van der Waals surface area (Å²) in [5, 5.41) is 1.81. The van der Waals surface area contributed by atoms with E-state index in [4.69, 9.17) is 14.2 Å². The Kier molecular flexibility index (Phi) is 6.31. The minimum absolute atomic E-state index is 0.164. The van der Waals surface area contributed by atoms with Gasteiger partial charge in [-0.2, -0.15) is 4.31 Å². The second-order valence-corrected chi connectivity index (χ2v) is 10.2. The zero-order valence-corrected chi connectivity index (χ0v) is 19.7. The molecular formula is C25H24N2O7S. The molecule has 2 aliphatic heterocycles. The Morgan fingerprint density at radius 3 is 2.31 bits per heavy atom. The zero-order chi connectivity index (χ0) is 24.4. The lowest BCUT2D eigenvalue weighted by Crippen LogP contribution is -2.51. The van der Waals surface area contributed by atoms with Crippen molar-refractivity contribution in [3.63, 3.8) is 0 Å². The minimum Gasteiger partial charge on any atom is -0.486 e. The van der Waals surface area contributed by atoms with Crippen molar-refractivity contribution in [2.75, 3.05) is 46.0 Å². The molecule has 0 radical (unpaired) electrons. The topological polar surface area (TPSA) is 102 Å². The van der Waals surface area contributed by atoms with E-state index in [1.807, 2.05) is 24.3 Å². The highest BCUT2D eigenvalue weighted by Crippen LogP contribution is 2.31. The number of sulfonamides is 1. The third-order valence-electron chi connectivity index (χ3n) is 6.05. The number of piperazine rings is 1. The standard InChI is InChI=1S/C25H24N2O7S/c28-24(17-34-25(29)20-6-8-22-23(16-20)33-14-13-32-22)26-9-11-27(12-10-26)35(30,31)21-7-5-18-3-1-2-4-19(18)15-21/h1-8,15-16H,9-14,17H2. The predicted molar refractivity (Wildman–Crippen MR) is 127 cm³/mol. The molecule has 1 fully saturated rings. The molecule has 35 heavy (non-hydrogen) atoms. The molecule has 0 spiro atoms. The number of hydrogen-bond donors (Lipinski definition) is 0. The lowest BCUT2D eigenvalue weighted by molar-refractivity contribution is -0.135. The first-order chi connectivity index (χ1) is 16.9. The van der Waals surface area contributed by atoms with Crippen molar-refractivity contribution in [2.45, 2.75) is 4.90 Å². The average Bonchev–Trinajstić information content (AvgIpc) is 2.91. The zero-order valence-electron chi connectivity index (χ0n) is 18.9. The maximum Gasteiger partial charge on any atom is 0.338 e. The summed E-state index contributed by atoms with van der Waals surface area (Å²) in [5.74, 6) is -0.00681. The molecular weight excluding hydrogens is 472 g/mol. The molecule has 10 heteroatoms. The molecule has 0 unspecified atom stereocenters. The van der Waals surface area contributed by atoms with Crippen LogP contribution in [0.25, 0.3) is 10.8 Å². The molecule has 3 aromatic rings. The molecule has 1 saturated heterocycles. The molecule has 0 N–H and O–H groups in total. The van der Waals surface area contributed by atoms with E-state index in [1.165, 1.54) is 15.3 Å². The van der Waals surface area contributed by atoms with Crippen molar-refractivity contribution in [1.29, 1.82) is 0 Å². The molecule has 0 aromatic heterocycles. The predicted octanol–water partition coefficient (Wildman–Crippen LogP) is 2.30. The summed E-state index contributed by atoms with van der Waals surface area (Å²) in [7, 11) is -3.68. The summed E-state index contributed by atoms with van der Waals surface area (Å²) >= 11 is 0. The largest absolute Gasteiger partial charge is 0.486 e. The molecule has 1 amide bonds. The quantitative estimate of drug-likeness (QED) is 0.500. The highest BCUT2D eigenvalue weighted by molar-refractivity contribution is 7.89. The van der Waals surface area contributed by atoms with Crippen molar-refractivity contribution in [2.24, 2.45) is 0 Å². The summed E-state index contributed by atoms with van der Waals surface area (Å²) < 4.78 is 43.7. The van der Waals surface area contributed by atoms with Crippen LogP contribution >= 0.6 is 0 Å². The van der Waals surface area contributed by atoms with Gasteiger partial charge in [0.25, 0.3) is 5.91 Å². The van der Waals surface area contributed by atoms with Crippen LogP contribution in [0.3, 0.4) is 0 Å². The summed E-state index contributed by atoms with van der Waals surface area (Å²) in [5.41, 5.74) is 0.258. The van der Waals surface area contributed by atoms with Crippen molar-refractivity contribution >= 4 is 32.7 Å². The van der Waals surface area contributed by atoms with Gasteiger partial charge in [-0.05, 0) is 41.1 Å². The molecule has 0 bridgehead atoms. The molecule has 182 valence electrons. The number of hydrogen-bond acceptors (Lipinski definition) is 7. The van der Waals surface area contributed by atoms with Gasteiger partial charge in [0.2, 0.25) is 10.0 Å². The van der Waals surface area contributed by atoms with Gasteiger partial charge in [0.15, 0.2) is 18.1 Å². The Morgan fingerprint density at radius 1 is 0.829 bits per heavy atom. The fourth-order valence-electron chi connectivity index (χ4n) is 4.13. The van der Waals surface area contributed by atoms with Crippen molar-refractivity contribution in [1.82, 2.24) is 9.21 Å². The lowest BCUT2D eigenvalue weighted by Gasteiger charge is -2.33. The van der Waals surface area contributed by atoms with Gasteiger partial charge in [-0.25, -0.2) is 13.2 Å². The van der Waals surface area contributed by atoms with Crippen LogP contribution in [0.4, 0.5) is 0 Å². The SMILES string of the molecule is O=C(OCC(=O)N1CCN(S(=O)(=O)c2ccc3ccccc3c2)CC1)c1ccc2c(c1)OCCO2. The van der Waals surface area contributed by atoms with Crippen LogP contribution < -0.4 is 9.47 Å². The van der Waals surface area contributed by atoms with Crippen LogP contribution in [-0.4, -0.2) is 75.5 Å². The number of rotatable bonds is 5. The second-order valence-electron chi connectivity index (χ2n) is 8.23. The van der Waals surface area contributed by atoms with E-state index in [1.54, 1.807) is 30.3 Å². The van der Waals surface area contributed by atoms with Gasteiger partial charge >= 0.3 is 5.97 Å². The first-order valence-electron chi connectivity index (χ1n) is 11.3. The van der Waals surface area contributed by atoms with Gasteiger partial charge in [-0.3, -0.25) is 4.79 Å². The smallest absolute Gasteiger partial charge is 0.338 e. The Labute approximate surface area is 202 Å². The van der Waals surface area contributed by atoms with Gasteiger partial charge in [-0.1, -0.05) is 30.3 Å². The highest BCUT2D eigenvalue weighted by Gasteiger charge is 2.30. The fourth-order valence-corrected chi connectivity index (χ4v) is 5.59. The van der Waals surface area contributed by atoms with Gasteiger partial charge in [-0.15, -0.1) is 0 Å². The second kappa shape index (κ2) is 9.55. The van der Waals surface area contributed by atoms with Crippen LogP contribution in [0, 0.1) is 0 Å². The van der Waals surface area contributed by atoms with E-state index in [9.17, 15) is 18.0 Å². The minimum atomic E-state index is -3.68. The summed E-state index contributed by atoms with van der Waals surface area (Å²) in [6.45, 7) is 1.17. The Morgan fingerprint density at radius 2 is 1.54 bits per heavy atom. The van der Waals surface area contributed by atoms with E-state index >= 15 is 0 Å². The molecule has 2 aliphatic rings. The summed E-state index contributed by atoms with van der Waals surface area (Å²) in [6, 6.07) is 17.3. The molecule has 3 aromatic carbocycles. The fraction of sp³-hybridized carbons (Fsp3) is 0.280. The van der Waals surface area contributed by atoms with E-state index in [0.29, 0.717) is 24.7 Å². The van der Waals surface area contributed by atoms with E-state index in [-0.39, 0.29) is 42.5 Å². The van der Waals surface area contributed by atoms with Gasteiger partial charge in [0, 0.05) is 26.2 Å².